The maximum atomic E-state index is 13.5. The predicted octanol–water partition coefficient (Wildman–Crippen LogP) is 4.48. The Kier molecular flexibility index (Phi) is 4.79. The van der Waals surface area contributed by atoms with Gasteiger partial charge in [0.25, 0.3) is 0 Å². The van der Waals surface area contributed by atoms with Crippen LogP contribution >= 0.6 is 0 Å². The number of hydrogen-bond acceptors (Lipinski definition) is 6. The fourth-order valence-electron chi connectivity index (χ4n) is 4.68. The molecular formula is C25H23NO5. The number of fused-ring (bicyclic) bond motifs is 3. The first kappa shape index (κ1) is 19.5. The van der Waals surface area contributed by atoms with E-state index in [1.54, 1.807) is 7.11 Å². The third kappa shape index (κ3) is 2.86. The lowest BCUT2D eigenvalue weighted by Gasteiger charge is -2.40. The largest absolute Gasteiger partial charge is 0.496 e. The number of benzene rings is 3. The Labute approximate surface area is 180 Å². The van der Waals surface area contributed by atoms with Crippen LogP contribution in [0.3, 0.4) is 0 Å². The quantitative estimate of drug-likeness (QED) is 0.584. The Morgan fingerprint density at radius 3 is 2.35 bits per heavy atom. The summed E-state index contributed by atoms with van der Waals surface area (Å²) < 4.78 is 17.1. The molecule has 2 heterocycles. The topological polar surface area (TPSA) is 57.2 Å². The highest BCUT2D eigenvalue weighted by Gasteiger charge is 2.66. The summed E-state index contributed by atoms with van der Waals surface area (Å²) in [5.41, 5.74) is 1.35. The third-order valence-corrected chi connectivity index (χ3v) is 6.09. The molecule has 1 saturated heterocycles. The van der Waals surface area contributed by atoms with Crippen molar-refractivity contribution in [1.82, 2.24) is 0 Å². The van der Waals surface area contributed by atoms with Gasteiger partial charge in [0, 0.05) is 11.1 Å². The Hall–Kier alpha value is -3.51. The van der Waals surface area contributed by atoms with Crippen molar-refractivity contribution >= 4 is 11.7 Å². The molecule has 0 N–H and O–H groups in total. The summed E-state index contributed by atoms with van der Waals surface area (Å²) in [7, 11) is 3.01. The molecular weight excluding hydrogens is 394 g/mol. The van der Waals surface area contributed by atoms with E-state index in [1.165, 1.54) is 7.11 Å². The normalized spacial score (nSPS) is 24.0. The van der Waals surface area contributed by atoms with Crippen molar-refractivity contribution < 1.29 is 23.8 Å². The van der Waals surface area contributed by atoms with Crippen molar-refractivity contribution in [2.24, 2.45) is 5.41 Å². The van der Waals surface area contributed by atoms with Crippen LogP contribution in [0.5, 0.6) is 11.5 Å². The van der Waals surface area contributed by atoms with Crippen LogP contribution in [0.15, 0.2) is 78.9 Å². The highest BCUT2D eigenvalue weighted by Crippen LogP contribution is 2.61. The summed E-state index contributed by atoms with van der Waals surface area (Å²) in [6.07, 6.45) is -0.672. The number of methoxy groups -OCH3 is 2. The molecule has 0 saturated carbocycles. The van der Waals surface area contributed by atoms with Gasteiger partial charge < -0.3 is 14.2 Å². The molecule has 3 aromatic carbocycles. The van der Waals surface area contributed by atoms with E-state index in [1.807, 2.05) is 83.9 Å². The Bertz CT molecular complexity index is 1100. The Morgan fingerprint density at radius 1 is 0.935 bits per heavy atom. The first-order valence-corrected chi connectivity index (χ1v) is 10.1. The molecule has 0 radical (unpaired) electrons. The SMILES string of the molecule is COC(=O)[C@]12COc3ccccc3[C@H]1N(c1ccccc1)O[C@H]2c1ccccc1OC. The minimum absolute atomic E-state index is 0.118. The summed E-state index contributed by atoms with van der Waals surface area (Å²) >= 11 is 0. The molecule has 6 nitrogen and oxygen atoms in total. The molecule has 5 rings (SSSR count). The van der Waals surface area contributed by atoms with Gasteiger partial charge in [0.05, 0.1) is 19.9 Å². The first-order valence-electron chi connectivity index (χ1n) is 10.1. The number of hydroxylamine groups is 1. The first-order chi connectivity index (χ1) is 15.2. The molecule has 0 spiro atoms. The minimum atomic E-state index is -1.13. The zero-order valence-corrected chi connectivity index (χ0v) is 17.4. The van der Waals surface area contributed by atoms with Gasteiger partial charge >= 0.3 is 5.97 Å². The average molecular weight is 417 g/mol. The maximum absolute atomic E-state index is 13.5. The molecule has 3 aromatic rings. The van der Waals surface area contributed by atoms with Gasteiger partial charge in [-0.2, -0.15) is 0 Å². The van der Waals surface area contributed by atoms with Crippen molar-refractivity contribution in [3.63, 3.8) is 0 Å². The number of nitrogens with zero attached hydrogens (tertiary/aromatic N) is 1. The highest BCUT2D eigenvalue weighted by molar-refractivity contribution is 5.82. The number of anilines is 1. The van der Waals surface area contributed by atoms with E-state index in [9.17, 15) is 4.79 Å². The van der Waals surface area contributed by atoms with Crippen LogP contribution in [-0.4, -0.2) is 26.8 Å². The van der Waals surface area contributed by atoms with Crippen molar-refractivity contribution in [1.29, 1.82) is 0 Å². The maximum Gasteiger partial charge on any atom is 0.321 e. The van der Waals surface area contributed by atoms with Gasteiger partial charge in [0.1, 0.15) is 30.3 Å². The molecule has 3 atom stereocenters. The molecule has 31 heavy (non-hydrogen) atoms. The van der Waals surface area contributed by atoms with Crippen LogP contribution < -0.4 is 14.5 Å². The lowest BCUT2D eigenvalue weighted by molar-refractivity contribution is -0.161. The molecule has 0 unspecified atom stereocenters. The van der Waals surface area contributed by atoms with Crippen molar-refractivity contribution in [3.05, 3.63) is 90.0 Å². The minimum Gasteiger partial charge on any atom is -0.496 e. The number of carbonyl (C=O) groups excluding carboxylic acids is 1. The molecule has 0 aliphatic carbocycles. The standard InChI is InChI=1S/C25H23NO5/c1-28-20-14-8-7-13-19(20)23-25(24(27)29-2)16-30-21-15-9-6-12-18(21)22(25)26(31-23)17-10-4-3-5-11-17/h3-15,22-23H,16H2,1-2H3/t22-,23+,25-/m1/s1. The number of hydrogen-bond donors (Lipinski definition) is 0. The fraction of sp³-hybridized carbons (Fsp3) is 0.240. The van der Waals surface area contributed by atoms with Gasteiger partial charge in [-0.15, -0.1) is 0 Å². The Balaban J connectivity index is 1.77. The van der Waals surface area contributed by atoms with Crippen LogP contribution in [-0.2, 0) is 14.4 Å². The molecule has 2 aliphatic rings. The van der Waals surface area contributed by atoms with Gasteiger partial charge in [0.2, 0.25) is 0 Å². The Morgan fingerprint density at radius 2 is 1.61 bits per heavy atom. The zero-order valence-electron chi connectivity index (χ0n) is 17.4. The number of esters is 1. The monoisotopic (exact) mass is 417 g/mol. The molecule has 0 bridgehead atoms. The van der Waals surface area contributed by atoms with Gasteiger partial charge in [-0.05, 0) is 24.3 Å². The number of ether oxygens (including phenoxy) is 3. The van der Waals surface area contributed by atoms with Crippen molar-refractivity contribution in [2.75, 3.05) is 25.9 Å². The zero-order chi connectivity index (χ0) is 21.4. The summed E-state index contributed by atoms with van der Waals surface area (Å²) in [6.45, 7) is 0.118. The van der Waals surface area contributed by atoms with Gasteiger partial charge in [-0.25, -0.2) is 5.06 Å². The molecule has 1 fully saturated rings. The second kappa shape index (κ2) is 7.63. The third-order valence-electron chi connectivity index (χ3n) is 6.09. The van der Waals surface area contributed by atoms with E-state index >= 15 is 0 Å². The summed E-state index contributed by atoms with van der Waals surface area (Å²) in [4.78, 5) is 20.1. The summed E-state index contributed by atoms with van der Waals surface area (Å²) in [6, 6.07) is 24.6. The van der Waals surface area contributed by atoms with E-state index in [-0.39, 0.29) is 12.6 Å². The van der Waals surface area contributed by atoms with Gasteiger partial charge in [-0.3, -0.25) is 9.63 Å². The molecule has 2 aliphatic heterocycles. The molecule has 6 heteroatoms. The van der Waals surface area contributed by atoms with E-state index < -0.39 is 17.6 Å². The number of para-hydroxylation sites is 3. The predicted molar refractivity (Wildman–Crippen MR) is 115 cm³/mol. The smallest absolute Gasteiger partial charge is 0.321 e. The van der Waals surface area contributed by atoms with E-state index in [2.05, 4.69) is 0 Å². The van der Waals surface area contributed by atoms with Crippen molar-refractivity contribution in [3.8, 4) is 11.5 Å². The van der Waals surface area contributed by atoms with Crippen molar-refractivity contribution in [2.45, 2.75) is 12.1 Å². The van der Waals surface area contributed by atoms with Gasteiger partial charge in [0.15, 0.2) is 5.41 Å². The highest BCUT2D eigenvalue weighted by atomic mass is 16.7. The van der Waals surface area contributed by atoms with E-state index in [0.29, 0.717) is 5.75 Å². The fourth-order valence-corrected chi connectivity index (χ4v) is 4.68. The van der Waals surface area contributed by atoms with Crippen LogP contribution in [0.1, 0.15) is 23.3 Å². The van der Waals surface area contributed by atoms with Crippen LogP contribution in [0.4, 0.5) is 5.69 Å². The number of rotatable bonds is 4. The lowest BCUT2D eigenvalue weighted by atomic mass is 9.70. The van der Waals surface area contributed by atoms with Crippen LogP contribution in [0, 0.1) is 5.41 Å². The molecule has 0 amide bonds. The second-order valence-corrected chi connectivity index (χ2v) is 7.65. The van der Waals surface area contributed by atoms with Gasteiger partial charge in [-0.1, -0.05) is 54.6 Å². The second-order valence-electron chi connectivity index (χ2n) is 7.65. The average Bonchev–Trinajstić information content (AvgIpc) is 3.20. The van der Waals surface area contributed by atoms with E-state index in [4.69, 9.17) is 19.0 Å². The molecule has 0 aromatic heterocycles. The van der Waals surface area contributed by atoms with E-state index in [0.717, 1.165) is 22.6 Å². The summed E-state index contributed by atoms with van der Waals surface area (Å²) in [5, 5.41) is 1.81. The van der Waals surface area contributed by atoms with Crippen LogP contribution in [0.25, 0.3) is 0 Å². The van der Waals surface area contributed by atoms with Crippen LogP contribution in [0.2, 0.25) is 0 Å². The number of carbonyl (C=O) groups is 1. The summed E-state index contributed by atoms with van der Waals surface area (Å²) in [5.74, 6) is 0.988. The molecule has 158 valence electrons. The lowest BCUT2D eigenvalue weighted by Crippen LogP contribution is -2.48.